The molecular weight excluding hydrogens is 557 g/mol. The van der Waals surface area contributed by atoms with Crippen LogP contribution in [0.1, 0.15) is 6.42 Å². The lowest BCUT2D eigenvalue weighted by atomic mass is 9.97. The molecule has 1 aromatic carbocycles. The first-order valence-electron chi connectivity index (χ1n) is 11.3. The number of hydrogen-bond donors (Lipinski definition) is 2. The Bertz CT molecular complexity index is 1490. The molecule has 0 aliphatic carbocycles. The highest BCUT2D eigenvalue weighted by molar-refractivity contribution is 7.92. The zero-order valence-corrected chi connectivity index (χ0v) is 23.1. The molecule has 0 radical (unpaired) electrons. The third kappa shape index (κ3) is 5.93. The number of carbonyl (C=O) groups excluding carboxylic acids is 1. The molecule has 2 atom stereocenters. The number of ketones is 1. The van der Waals surface area contributed by atoms with E-state index in [1.165, 1.54) is 32.6 Å². The fourth-order valence-corrected chi connectivity index (χ4v) is 5.23. The van der Waals surface area contributed by atoms with Crippen molar-refractivity contribution in [2.24, 2.45) is 5.92 Å². The molecule has 0 saturated carbocycles. The van der Waals surface area contributed by atoms with E-state index >= 15 is 0 Å². The first-order valence-corrected chi connectivity index (χ1v) is 13.9. The van der Waals surface area contributed by atoms with Crippen molar-refractivity contribution in [3.8, 4) is 22.9 Å². The van der Waals surface area contributed by atoms with Gasteiger partial charge in [0.05, 0.1) is 67.1 Å². The fraction of sp³-hybridized carbons (Fsp3) is 0.333. The van der Waals surface area contributed by atoms with E-state index in [4.69, 9.17) is 37.4 Å². The summed E-state index contributed by atoms with van der Waals surface area (Å²) in [6.45, 7) is 4.32. The van der Waals surface area contributed by atoms with Crippen molar-refractivity contribution < 1.29 is 27.4 Å². The van der Waals surface area contributed by atoms with Gasteiger partial charge >= 0.3 is 0 Å². The molecule has 0 unspecified atom stereocenters. The Balaban J connectivity index is 1.81. The third-order valence-corrected chi connectivity index (χ3v) is 7.20. The maximum absolute atomic E-state index is 12.2. The number of fused-ring (bicyclic) bond motifs is 1. The van der Waals surface area contributed by atoms with Crippen molar-refractivity contribution in [3.05, 3.63) is 41.0 Å². The highest BCUT2D eigenvalue weighted by Crippen LogP contribution is 2.45. The predicted molar refractivity (Wildman–Crippen MR) is 146 cm³/mol. The highest BCUT2D eigenvalue weighted by atomic mass is 35.5. The van der Waals surface area contributed by atoms with E-state index in [2.05, 4.69) is 31.6 Å². The van der Waals surface area contributed by atoms with Crippen molar-refractivity contribution in [2.75, 3.05) is 43.7 Å². The molecule has 14 heteroatoms. The van der Waals surface area contributed by atoms with E-state index in [1.54, 1.807) is 6.07 Å². The Morgan fingerprint density at radius 2 is 1.87 bits per heavy atom. The van der Waals surface area contributed by atoms with Crippen LogP contribution in [-0.4, -0.2) is 68.9 Å². The van der Waals surface area contributed by atoms with Gasteiger partial charge in [0.25, 0.3) is 0 Å². The van der Waals surface area contributed by atoms with Gasteiger partial charge in [0.2, 0.25) is 10.0 Å². The average molecular weight is 582 g/mol. The van der Waals surface area contributed by atoms with Gasteiger partial charge in [-0.05, 0) is 12.1 Å². The first kappa shape index (κ1) is 27.8. The van der Waals surface area contributed by atoms with E-state index < -0.39 is 10.0 Å². The number of aromatic nitrogens is 3. The molecule has 3 heterocycles. The van der Waals surface area contributed by atoms with Crippen molar-refractivity contribution in [1.29, 1.82) is 0 Å². The highest BCUT2D eigenvalue weighted by Gasteiger charge is 2.30. The van der Waals surface area contributed by atoms with Gasteiger partial charge in [-0.15, -0.1) is 0 Å². The topological polar surface area (TPSA) is 142 Å². The Morgan fingerprint density at radius 1 is 1.18 bits per heavy atom. The summed E-state index contributed by atoms with van der Waals surface area (Å²) in [4.78, 5) is 25.3. The average Bonchev–Trinajstić information content (AvgIpc) is 3.29. The van der Waals surface area contributed by atoms with Crippen LogP contribution in [0.15, 0.2) is 31.0 Å². The molecule has 2 N–H and O–H groups in total. The predicted octanol–water partition coefficient (Wildman–Crippen LogP) is 3.96. The summed E-state index contributed by atoms with van der Waals surface area (Å²) in [5.41, 5.74) is 0.518. The molecule has 1 aliphatic heterocycles. The van der Waals surface area contributed by atoms with Crippen LogP contribution in [0, 0.1) is 5.92 Å². The molecule has 0 amide bonds. The van der Waals surface area contributed by atoms with Crippen LogP contribution in [0.2, 0.25) is 10.0 Å². The van der Waals surface area contributed by atoms with Gasteiger partial charge < -0.3 is 19.5 Å². The van der Waals surface area contributed by atoms with Crippen LogP contribution < -0.4 is 19.5 Å². The molecule has 38 heavy (non-hydrogen) atoms. The Kier molecular flexibility index (Phi) is 8.26. The molecule has 202 valence electrons. The second-order valence-corrected chi connectivity index (χ2v) is 11.1. The Labute approximate surface area is 229 Å². The van der Waals surface area contributed by atoms with Crippen molar-refractivity contribution in [3.63, 3.8) is 0 Å². The second-order valence-electron chi connectivity index (χ2n) is 8.56. The fourth-order valence-electron chi connectivity index (χ4n) is 4.05. The standard InChI is InChI=1S/C24H25Cl2N5O6S/c1-5-13(32)6-12-10-37-11-16(12)28-19-7-14-15(9-27-19)29-24(30-23(14)31-38(4,33)34)20-21(25)17(35-2)8-18(36-3)22(20)26/h5,7-9,12,16H,1,6,10-11H2,2-4H3,(H,27,28)(H,29,30,31)/t12-,16+/m0/s1. The number of rotatable bonds is 10. The van der Waals surface area contributed by atoms with Gasteiger partial charge in [-0.1, -0.05) is 29.8 Å². The van der Waals surface area contributed by atoms with Gasteiger partial charge in [-0.25, -0.2) is 23.4 Å². The molecule has 1 fully saturated rings. The number of benzene rings is 1. The Morgan fingerprint density at radius 3 is 2.47 bits per heavy atom. The van der Waals surface area contributed by atoms with Gasteiger partial charge in [0, 0.05) is 23.8 Å². The Hall–Kier alpha value is -3.19. The number of nitrogens with one attached hydrogen (secondary N) is 2. The summed E-state index contributed by atoms with van der Waals surface area (Å²) >= 11 is 13.1. The van der Waals surface area contributed by atoms with Crippen LogP contribution in [0.25, 0.3) is 22.3 Å². The first-order chi connectivity index (χ1) is 18.0. The van der Waals surface area contributed by atoms with Crippen LogP contribution in [0.3, 0.4) is 0 Å². The molecular formula is C24H25Cl2N5O6S. The number of sulfonamides is 1. The van der Waals surface area contributed by atoms with Gasteiger partial charge in [-0.3, -0.25) is 9.52 Å². The molecule has 11 nitrogen and oxygen atoms in total. The summed E-state index contributed by atoms with van der Waals surface area (Å²) in [6, 6.07) is 2.96. The van der Waals surface area contributed by atoms with Gasteiger partial charge in [0.15, 0.2) is 17.4 Å². The van der Waals surface area contributed by atoms with Gasteiger partial charge in [0.1, 0.15) is 17.3 Å². The maximum Gasteiger partial charge on any atom is 0.230 e. The van der Waals surface area contributed by atoms with Crippen molar-refractivity contribution >= 4 is 61.5 Å². The number of ether oxygens (including phenoxy) is 3. The number of anilines is 2. The lowest BCUT2D eigenvalue weighted by Gasteiger charge is -2.19. The summed E-state index contributed by atoms with van der Waals surface area (Å²) in [5, 5.41) is 3.88. The number of halogens is 2. The lowest BCUT2D eigenvalue weighted by Crippen LogP contribution is -2.29. The smallest absolute Gasteiger partial charge is 0.230 e. The number of methoxy groups -OCH3 is 2. The second kappa shape index (κ2) is 11.3. The lowest BCUT2D eigenvalue weighted by molar-refractivity contribution is -0.115. The maximum atomic E-state index is 12.2. The van der Waals surface area contributed by atoms with Crippen LogP contribution in [0.4, 0.5) is 11.6 Å². The van der Waals surface area contributed by atoms with E-state index in [0.717, 1.165) is 6.26 Å². The minimum Gasteiger partial charge on any atom is -0.495 e. The quantitative estimate of drug-likeness (QED) is 0.338. The van der Waals surface area contributed by atoms with Gasteiger partial charge in [-0.2, -0.15) is 0 Å². The van der Waals surface area contributed by atoms with Crippen LogP contribution >= 0.6 is 23.2 Å². The normalized spacial score (nSPS) is 17.3. The number of carbonyl (C=O) groups is 1. The van der Waals surface area contributed by atoms with E-state index in [1.807, 2.05) is 0 Å². The number of allylic oxidation sites excluding steroid dienone is 1. The summed E-state index contributed by atoms with van der Waals surface area (Å²) < 4.78 is 43.1. The minimum absolute atomic E-state index is 0.00655. The van der Waals surface area contributed by atoms with E-state index in [9.17, 15) is 13.2 Å². The third-order valence-electron chi connectivity index (χ3n) is 5.88. The molecule has 0 bridgehead atoms. The summed E-state index contributed by atoms with van der Waals surface area (Å²) in [5.74, 6) is 0.841. The molecule has 2 aromatic heterocycles. The van der Waals surface area contributed by atoms with E-state index in [-0.39, 0.29) is 62.9 Å². The van der Waals surface area contributed by atoms with Crippen molar-refractivity contribution in [1.82, 2.24) is 15.0 Å². The minimum atomic E-state index is -3.74. The summed E-state index contributed by atoms with van der Waals surface area (Å²) in [7, 11) is -0.872. The molecule has 0 spiro atoms. The molecule has 3 aromatic rings. The number of hydrogen-bond acceptors (Lipinski definition) is 10. The molecule has 1 saturated heterocycles. The molecule has 4 rings (SSSR count). The molecule has 1 aliphatic rings. The monoisotopic (exact) mass is 581 g/mol. The zero-order chi connectivity index (χ0) is 27.6. The van der Waals surface area contributed by atoms with Crippen molar-refractivity contribution in [2.45, 2.75) is 12.5 Å². The van der Waals surface area contributed by atoms with E-state index in [0.29, 0.717) is 29.9 Å². The van der Waals surface area contributed by atoms with Crippen LogP contribution in [-0.2, 0) is 19.6 Å². The number of nitrogens with zero attached hydrogens (tertiary/aromatic N) is 3. The summed E-state index contributed by atoms with van der Waals surface area (Å²) in [6.07, 6.45) is 4.05. The van der Waals surface area contributed by atoms with Crippen LogP contribution in [0.5, 0.6) is 11.5 Å². The SMILES string of the molecule is C=CC(=O)C[C@H]1COC[C@H]1Nc1cc2c(NS(C)(=O)=O)nc(-c3c(Cl)c(OC)cc(OC)c3Cl)nc2cn1. The zero-order valence-electron chi connectivity index (χ0n) is 20.7. The largest absolute Gasteiger partial charge is 0.495 e. The number of pyridine rings is 1.